The zero-order valence-electron chi connectivity index (χ0n) is 22.1. The number of carbonyl (C=O) groups excluding carboxylic acids is 3. The molecule has 1 aromatic rings. The average Bonchev–Trinajstić information content (AvgIpc) is 3.49. The number of halogens is 1. The lowest BCUT2D eigenvalue weighted by molar-refractivity contribution is -0.141. The number of anilines is 1. The van der Waals surface area contributed by atoms with Crippen LogP contribution in [0, 0.1) is 29.6 Å². The van der Waals surface area contributed by atoms with Crippen LogP contribution in [0.5, 0.6) is 0 Å². The van der Waals surface area contributed by atoms with Gasteiger partial charge in [-0.2, -0.15) is 0 Å². The summed E-state index contributed by atoms with van der Waals surface area (Å²) < 4.78 is 6.44. The van der Waals surface area contributed by atoms with Crippen molar-refractivity contribution < 1.29 is 19.1 Å². The highest BCUT2D eigenvalue weighted by atomic mass is 35.5. The molecule has 1 spiro atoms. The van der Waals surface area contributed by atoms with Crippen molar-refractivity contribution in [1.29, 1.82) is 0 Å². The molecule has 0 radical (unpaired) electrons. The minimum atomic E-state index is -1.13. The summed E-state index contributed by atoms with van der Waals surface area (Å²) in [6, 6.07) is 6.15. The standard InChI is InChI=1S/C29H38ClN3O4/c1-16(2)13-15-33-25(27(35)32-21-7-5-6-17(3)18(21)4)29-14-12-22(37-29)23(24(29)28(33)36)26(34)31-20-10-8-19(30)9-11-20/h8-12,14,16-18,21-25H,5-7,13,15H2,1-4H3,(H,31,34)(H,32,35). The van der Waals surface area contributed by atoms with E-state index in [0.717, 1.165) is 19.3 Å². The molecule has 8 heteroatoms. The Morgan fingerprint density at radius 1 is 1.16 bits per heavy atom. The second-order valence-electron chi connectivity index (χ2n) is 11.8. The van der Waals surface area contributed by atoms with Gasteiger partial charge < -0.3 is 20.3 Å². The molecule has 8 unspecified atom stereocenters. The molecule has 7 nitrogen and oxygen atoms in total. The molecule has 5 rings (SSSR count). The fourth-order valence-corrected chi connectivity index (χ4v) is 6.84. The van der Waals surface area contributed by atoms with Gasteiger partial charge in [-0.25, -0.2) is 0 Å². The summed E-state index contributed by atoms with van der Waals surface area (Å²) in [6.45, 7) is 9.09. The van der Waals surface area contributed by atoms with Crippen molar-refractivity contribution in [2.24, 2.45) is 29.6 Å². The lowest BCUT2D eigenvalue weighted by Crippen LogP contribution is -2.58. The van der Waals surface area contributed by atoms with Crippen molar-refractivity contribution in [2.45, 2.75) is 77.2 Å². The van der Waals surface area contributed by atoms with Crippen molar-refractivity contribution >= 4 is 35.0 Å². The van der Waals surface area contributed by atoms with Crippen molar-refractivity contribution in [3.8, 4) is 0 Å². The Balaban J connectivity index is 1.43. The second-order valence-corrected chi connectivity index (χ2v) is 12.2. The van der Waals surface area contributed by atoms with E-state index in [1.165, 1.54) is 6.42 Å². The molecule has 37 heavy (non-hydrogen) atoms. The highest BCUT2D eigenvalue weighted by Crippen LogP contribution is 2.55. The maximum Gasteiger partial charge on any atom is 0.246 e. The number of amides is 3. The Kier molecular flexibility index (Phi) is 7.14. The van der Waals surface area contributed by atoms with E-state index in [4.69, 9.17) is 16.3 Å². The number of carbonyl (C=O) groups is 3. The monoisotopic (exact) mass is 527 g/mol. The smallest absolute Gasteiger partial charge is 0.246 e. The number of fused-ring (bicyclic) bond motifs is 1. The molecule has 2 N–H and O–H groups in total. The summed E-state index contributed by atoms with van der Waals surface area (Å²) in [4.78, 5) is 43.1. The third-order valence-corrected chi connectivity index (χ3v) is 9.27. The maximum absolute atomic E-state index is 14.0. The lowest BCUT2D eigenvalue weighted by atomic mass is 9.73. The minimum absolute atomic E-state index is 0.0698. The van der Waals surface area contributed by atoms with Gasteiger partial charge in [-0.05, 0) is 54.9 Å². The lowest BCUT2D eigenvalue weighted by Gasteiger charge is -2.38. The number of benzene rings is 1. The molecule has 3 fully saturated rings. The minimum Gasteiger partial charge on any atom is -0.359 e. The number of likely N-dealkylation sites (tertiary alicyclic amines) is 1. The van der Waals surface area contributed by atoms with Crippen LogP contribution in [0.4, 0.5) is 5.69 Å². The van der Waals surface area contributed by atoms with Gasteiger partial charge in [0.1, 0.15) is 11.6 Å². The maximum atomic E-state index is 14.0. The molecule has 8 atom stereocenters. The van der Waals surface area contributed by atoms with Crippen molar-refractivity contribution in [3.63, 3.8) is 0 Å². The highest BCUT2D eigenvalue weighted by molar-refractivity contribution is 6.30. The van der Waals surface area contributed by atoms with Gasteiger partial charge in [0, 0.05) is 23.3 Å². The SMILES string of the molecule is CC(C)CCN1C(=O)C2C(C(=O)Nc3ccc(Cl)cc3)C3C=CC2(O3)C1C(=O)NC1CCCC(C)C1C. The van der Waals surface area contributed by atoms with Gasteiger partial charge in [-0.3, -0.25) is 14.4 Å². The summed E-state index contributed by atoms with van der Waals surface area (Å²) in [5.41, 5.74) is -0.527. The number of hydrogen-bond donors (Lipinski definition) is 2. The van der Waals surface area contributed by atoms with E-state index >= 15 is 0 Å². The van der Waals surface area contributed by atoms with Gasteiger partial charge in [0.15, 0.2) is 0 Å². The molecule has 3 heterocycles. The largest absolute Gasteiger partial charge is 0.359 e. The Morgan fingerprint density at radius 2 is 1.89 bits per heavy atom. The molecule has 1 aliphatic carbocycles. The molecule has 1 saturated carbocycles. The molecule has 0 aromatic heterocycles. The second kappa shape index (κ2) is 10.1. The van der Waals surface area contributed by atoms with E-state index in [2.05, 4.69) is 38.3 Å². The summed E-state index contributed by atoms with van der Waals surface area (Å²) >= 11 is 5.99. The fourth-order valence-electron chi connectivity index (χ4n) is 6.71. The molecule has 2 bridgehead atoms. The quantitative estimate of drug-likeness (QED) is 0.514. The number of ether oxygens (including phenoxy) is 1. The highest BCUT2D eigenvalue weighted by Gasteiger charge is 2.72. The predicted molar refractivity (Wildman–Crippen MR) is 143 cm³/mol. The van der Waals surface area contributed by atoms with Crippen molar-refractivity contribution in [2.75, 3.05) is 11.9 Å². The van der Waals surface area contributed by atoms with E-state index in [0.29, 0.717) is 35.0 Å². The van der Waals surface area contributed by atoms with Crippen LogP contribution >= 0.6 is 11.6 Å². The van der Waals surface area contributed by atoms with E-state index in [1.54, 1.807) is 29.2 Å². The molecule has 200 valence electrons. The Labute approximate surface area is 224 Å². The molecule has 4 aliphatic rings. The van der Waals surface area contributed by atoms with Gasteiger partial charge in [0.2, 0.25) is 17.7 Å². The topological polar surface area (TPSA) is 87.7 Å². The van der Waals surface area contributed by atoms with Gasteiger partial charge in [-0.1, -0.05) is 64.3 Å². The Bertz CT molecular complexity index is 1090. The summed E-state index contributed by atoms with van der Waals surface area (Å²) in [7, 11) is 0. The normalized spacial score (nSPS) is 36.2. The van der Waals surface area contributed by atoms with Crippen molar-refractivity contribution in [1.82, 2.24) is 10.2 Å². The molecule has 2 saturated heterocycles. The van der Waals surface area contributed by atoms with Gasteiger partial charge in [0.05, 0.1) is 17.9 Å². The molecule has 3 aliphatic heterocycles. The van der Waals surface area contributed by atoms with Crippen LogP contribution in [0.25, 0.3) is 0 Å². The van der Waals surface area contributed by atoms with Gasteiger partial charge >= 0.3 is 0 Å². The van der Waals surface area contributed by atoms with Crippen molar-refractivity contribution in [3.05, 3.63) is 41.4 Å². The van der Waals surface area contributed by atoms with E-state index in [9.17, 15) is 14.4 Å². The Morgan fingerprint density at radius 3 is 2.59 bits per heavy atom. The van der Waals surface area contributed by atoms with Gasteiger partial charge in [-0.15, -0.1) is 0 Å². The first-order valence-electron chi connectivity index (χ1n) is 13.7. The zero-order chi connectivity index (χ0) is 26.5. The summed E-state index contributed by atoms with van der Waals surface area (Å²) in [6.07, 6.45) is 7.13. The number of nitrogens with zero attached hydrogens (tertiary/aromatic N) is 1. The molecule has 3 amide bonds. The number of nitrogens with one attached hydrogen (secondary N) is 2. The van der Waals surface area contributed by atoms with Crippen LogP contribution in [0.2, 0.25) is 5.02 Å². The summed E-state index contributed by atoms with van der Waals surface area (Å²) in [5.74, 6) is -0.805. The Hall–Kier alpha value is -2.38. The van der Waals surface area contributed by atoms with Crippen LogP contribution < -0.4 is 10.6 Å². The molecular weight excluding hydrogens is 490 g/mol. The number of hydrogen-bond acceptors (Lipinski definition) is 4. The summed E-state index contributed by atoms with van der Waals surface area (Å²) in [5, 5.41) is 6.80. The van der Waals surface area contributed by atoms with E-state index < -0.39 is 29.6 Å². The zero-order valence-corrected chi connectivity index (χ0v) is 22.8. The fraction of sp³-hybridized carbons (Fsp3) is 0.621. The van der Waals surface area contributed by atoms with E-state index in [1.807, 2.05) is 12.2 Å². The van der Waals surface area contributed by atoms with Crippen LogP contribution in [-0.2, 0) is 19.1 Å². The first-order chi connectivity index (χ1) is 17.6. The molecule has 1 aromatic carbocycles. The van der Waals surface area contributed by atoms with Crippen LogP contribution in [0.1, 0.15) is 53.4 Å². The first-order valence-corrected chi connectivity index (χ1v) is 14.0. The molecular formula is C29H38ClN3O4. The third-order valence-electron chi connectivity index (χ3n) is 9.02. The van der Waals surface area contributed by atoms with Gasteiger partial charge in [0.25, 0.3) is 0 Å². The first kappa shape index (κ1) is 26.2. The average molecular weight is 528 g/mol. The van der Waals surface area contributed by atoms with Crippen LogP contribution in [0.15, 0.2) is 36.4 Å². The van der Waals surface area contributed by atoms with E-state index in [-0.39, 0.29) is 23.8 Å². The van der Waals surface area contributed by atoms with Crippen LogP contribution in [-0.4, -0.2) is 53.0 Å². The third kappa shape index (κ3) is 4.59. The number of rotatable bonds is 7. The van der Waals surface area contributed by atoms with Crippen LogP contribution in [0.3, 0.4) is 0 Å². The predicted octanol–water partition coefficient (Wildman–Crippen LogP) is 4.42.